The van der Waals surface area contributed by atoms with Crippen molar-refractivity contribution < 1.29 is 32.6 Å². The summed E-state index contributed by atoms with van der Waals surface area (Å²) >= 11 is 0. The SMILES string of the molecule is CC(C)(C)OC(=O)N1CC([C@@](C)(CO)NC(=O)c2ccc3c(-c4ccc(C(F)(F)F)cc4)cccc3c2)C1. The lowest BCUT2D eigenvalue weighted by atomic mass is 9.80. The number of fused-ring (bicyclic) bond motifs is 1. The van der Waals surface area contributed by atoms with E-state index in [9.17, 15) is 27.9 Å². The number of nitrogens with one attached hydrogen (secondary N) is 1. The number of halogens is 3. The Bertz CT molecular complexity index is 1340. The lowest BCUT2D eigenvalue weighted by Crippen LogP contribution is -2.66. The minimum Gasteiger partial charge on any atom is -0.444 e. The van der Waals surface area contributed by atoms with Gasteiger partial charge in [-0.3, -0.25) is 4.79 Å². The summed E-state index contributed by atoms with van der Waals surface area (Å²) in [6.45, 7) is 7.49. The van der Waals surface area contributed by atoms with Gasteiger partial charge in [0.25, 0.3) is 5.91 Å². The number of nitrogens with zero attached hydrogens (tertiary/aromatic N) is 1. The second kappa shape index (κ2) is 9.94. The number of carbonyl (C=O) groups excluding carboxylic acids is 2. The molecule has 6 nitrogen and oxygen atoms in total. The van der Waals surface area contributed by atoms with Gasteiger partial charge in [-0.2, -0.15) is 13.2 Å². The minimum absolute atomic E-state index is 0.157. The largest absolute Gasteiger partial charge is 0.444 e. The molecule has 1 saturated heterocycles. The van der Waals surface area contributed by atoms with Crippen LogP contribution in [-0.2, 0) is 10.9 Å². The Morgan fingerprint density at radius 2 is 1.66 bits per heavy atom. The van der Waals surface area contributed by atoms with Crippen LogP contribution < -0.4 is 5.32 Å². The molecule has 1 atom stereocenters. The predicted molar refractivity (Wildman–Crippen MR) is 139 cm³/mol. The number of aliphatic hydroxyl groups is 1. The van der Waals surface area contributed by atoms with E-state index in [-0.39, 0.29) is 18.4 Å². The van der Waals surface area contributed by atoms with Crippen LogP contribution in [0.3, 0.4) is 0 Å². The van der Waals surface area contributed by atoms with Gasteiger partial charge >= 0.3 is 12.3 Å². The average molecular weight is 529 g/mol. The van der Waals surface area contributed by atoms with E-state index in [1.165, 1.54) is 17.0 Å². The van der Waals surface area contributed by atoms with Crippen LogP contribution >= 0.6 is 0 Å². The highest BCUT2D eigenvalue weighted by atomic mass is 19.4. The first kappa shape index (κ1) is 27.4. The van der Waals surface area contributed by atoms with Crippen molar-refractivity contribution in [3.8, 4) is 11.1 Å². The van der Waals surface area contributed by atoms with E-state index in [0.29, 0.717) is 24.2 Å². The molecular formula is C29H31F3N2O4. The first-order valence-corrected chi connectivity index (χ1v) is 12.3. The number of aliphatic hydroxyl groups excluding tert-OH is 1. The molecule has 0 spiro atoms. The molecule has 202 valence electrons. The molecule has 0 bridgehead atoms. The quantitative estimate of drug-likeness (QED) is 0.434. The molecule has 1 fully saturated rings. The lowest BCUT2D eigenvalue weighted by Gasteiger charge is -2.48. The van der Waals surface area contributed by atoms with Gasteiger partial charge in [0.2, 0.25) is 0 Å². The zero-order valence-electron chi connectivity index (χ0n) is 21.7. The Kier molecular flexibility index (Phi) is 7.18. The molecule has 0 aliphatic carbocycles. The molecule has 9 heteroatoms. The van der Waals surface area contributed by atoms with E-state index in [1.807, 2.05) is 12.1 Å². The molecule has 1 heterocycles. The van der Waals surface area contributed by atoms with Crippen molar-refractivity contribution in [2.75, 3.05) is 19.7 Å². The maximum atomic E-state index is 13.2. The van der Waals surface area contributed by atoms with Crippen LogP contribution in [0.5, 0.6) is 0 Å². The topological polar surface area (TPSA) is 78.9 Å². The number of alkyl halides is 3. The smallest absolute Gasteiger partial charge is 0.416 e. The Morgan fingerprint density at radius 3 is 2.24 bits per heavy atom. The number of likely N-dealkylation sites (tertiary alicyclic amines) is 1. The van der Waals surface area contributed by atoms with Crippen LogP contribution in [-0.4, -0.2) is 52.8 Å². The molecule has 38 heavy (non-hydrogen) atoms. The average Bonchev–Trinajstić information content (AvgIpc) is 2.80. The summed E-state index contributed by atoms with van der Waals surface area (Å²) in [6, 6.07) is 15.5. The number of rotatable bonds is 5. The fraction of sp³-hybridized carbons (Fsp3) is 0.379. The van der Waals surface area contributed by atoms with Crippen molar-refractivity contribution in [1.29, 1.82) is 0 Å². The first-order chi connectivity index (χ1) is 17.7. The second-order valence-electron chi connectivity index (χ2n) is 10.9. The molecule has 1 aliphatic rings. The molecule has 1 aliphatic heterocycles. The number of benzene rings is 3. The van der Waals surface area contributed by atoms with Crippen molar-refractivity contribution in [2.24, 2.45) is 5.92 Å². The number of amides is 2. The molecule has 3 aromatic rings. The van der Waals surface area contributed by atoms with Gasteiger partial charge in [0.1, 0.15) is 5.60 Å². The van der Waals surface area contributed by atoms with Crippen LogP contribution in [0.4, 0.5) is 18.0 Å². The standard InChI is InChI=1S/C29H31F3N2O4/c1-27(2,3)38-26(37)34-15-22(16-34)28(4,17-35)33-25(36)20-10-13-24-19(14-20)6-5-7-23(24)18-8-11-21(12-9-18)29(30,31)32/h5-14,22,35H,15-17H2,1-4H3,(H,33,36)/t28-/m1/s1. The third-order valence-corrected chi connectivity index (χ3v) is 6.83. The van der Waals surface area contributed by atoms with Gasteiger partial charge in [-0.1, -0.05) is 36.4 Å². The number of hydrogen-bond donors (Lipinski definition) is 2. The number of hydrogen-bond acceptors (Lipinski definition) is 4. The highest BCUT2D eigenvalue weighted by Gasteiger charge is 2.45. The summed E-state index contributed by atoms with van der Waals surface area (Å²) in [6.07, 6.45) is -4.84. The molecule has 0 aromatic heterocycles. The van der Waals surface area contributed by atoms with Crippen LogP contribution in [0.25, 0.3) is 21.9 Å². The normalized spacial score (nSPS) is 16.1. The molecule has 3 aromatic carbocycles. The van der Waals surface area contributed by atoms with Crippen LogP contribution in [0.1, 0.15) is 43.6 Å². The van der Waals surface area contributed by atoms with E-state index >= 15 is 0 Å². The van der Waals surface area contributed by atoms with E-state index in [1.54, 1.807) is 52.0 Å². The fourth-order valence-electron chi connectivity index (χ4n) is 4.47. The van der Waals surface area contributed by atoms with Crippen LogP contribution in [0.15, 0.2) is 60.7 Å². The fourth-order valence-corrected chi connectivity index (χ4v) is 4.47. The van der Waals surface area contributed by atoms with Crippen molar-refractivity contribution in [3.63, 3.8) is 0 Å². The van der Waals surface area contributed by atoms with Gasteiger partial charge in [0.15, 0.2) is 0 Å². The minimum atomic E-state index is -4.41. The van der Waals surface area contributed by atoms with E-state index in [0.717, 1.165) is 28.5 Å². The summed E-state index contributed by atoms with van der Waals surface area (Å²) < 4.78 is 44.2. The highest BCUT2D eigenvalue weighted by Crippen LogP contribution is 2.34. The van der Waals surface area contributed by atoms with Gasteiger partial charge < -0.3 is 20.1 Å². The summed E-state index contributed by atoms with van der Waals surface area (Å²) in [5, 5.41) is 14.6. The molecular weight excluding hydrogens is 497 g/mol. The van der Waals surface area contributed by atoms with Gasteiger partial charge in [0, 0.05) is 24.6 Å². The predicted octanol–water partition coefficient (Wildman–Crippen LogP) is 5.87. The Balaban J connectivity index is 1.49. The molecule has 2 amide bonds. The maximum absolute atomic E-state index is 13.2. The zero-order valence-corrected chi connectivity index (χ0v) is 21.7. The summed E-state index contributed by atoms with van der Waals surface area (Å²) in [5.41, 5.74) is -0.516. The Morgan fingerprint density at radius 1 is 1.00 bits per heavy atom. The second-order valence-corrected chi connectivity index (χ2v) is 10.9. The monoisotopic (exact) mass is 528 g/mol. The molecule has 0 radical (unpaired) electrons. The van der Waals surface area contributed by atoms with E-state index < -0.39 is 29.0 Å². The summed E-state index contributed by atoms with van der Waals surface area (Å²) in [4.78, 5) is 27.0. The summed E-state index contributed by atoms with van der Waals surface area (Å²) in [7, 11) is 0. The lowest BCUT2D eigenvalue weighted by molar-refractivity contribution is -0.137. The van der Waals surface area contributed by atoms with Gasteiger partial charge in [-0.15, -0.1) is 0 Å². The highest BCUT2D eigenvalue weighted by molar-refractivity contribution is 6.03. The van der Waals surface area contributed by atoms with E-state index in [2.05, 4.69) is 5.32 Å². The zero-order chi connectivity index (χ0) is 27.9. The Hall–Kier alpha value is -3.59. The van der Waals surface area contributed by atoms with Gasteiger partial charge in [-0.05, 0) is 73.9 Å². The number of ether oxygens (including phenoxy) is 1. The van der Waals surface area contributed by atoms with Crippen molar-refractivity contribution in [1.82, 2.24) is 10.2 Å². The number of carbonyl (C=O) groups is 2. The molecule has 0 unspecified atom stereocenters. The maximum Gasteiger partial charge on any atom is 0.416 e. The summed E-state index contributed by atoms with van der Waals surface area (Å²) in [5.74, 6) is -0.533. The van der Waals surface area contributed by atoms with Gasteiger partial charge in [0.05, 0.1) is 17.7 Å². The van der Waals surface area contributed by atoms with E-state index in [4.69, 9.17) is 4.74 Å². The van der Waals surface area contributed by atoms with Crippen molar-refractivity contribution in [2.45, 2.75) is 45.0 Å². The molecule has 0 saturated carbocycles. The Labute approximate surface area is 219 Å². The van der Waals surface area contributed by atoms with Crippen LogP contribution in [0, 0.1) is 5.92 Å². The van der Waals surface area contributed by atoms with Crippen molar-refractivity contribution >= 4 is 22.8 Å². The molecule has 4 rings (SSSR count). The third-order valence-electron chi connectivity index (χ3n) is 6.83. The molecule has 2 N–H and O–H groups in total. The van der Waals surface area contributed by atoms with Gasteiger partial charge in [-0.25, -0.2) is 4.79 Å². The van der Waals surface area contributed by atoms with Crippen molar-refractivity contribution in [3.05, 3.63) is 71.8 Å². The first-order valence-electron chi connectivity index (χ1n) is 12.3. The third kappa shape index (κ3) is 5.78. The van der Waals surface area contributed by atoms with Crippen LogP contribution in [0.2, 0.25) is 0 Å².